The van der Waals surface area contributed by atoms with Crippen molar-refractivity contribution in [1.82, 2.24) is 4.90 Å². The molecule has 2 heteroatoms. The molecule has 0 atom stereocenters. The second kappa shape index (κ2) is 4.45. The maximum absolute atomic E-state index is 12.1. The predicted molar refractivity (Wildman–Crippen MR) is 42.6 cm³/mol. The van der Waals surface area contributed by atoms with Crippen molar-refractivity contribution in [1.29, 1.82) is 0 Å². The first kappa shape index (κ1) is 9.63. The third-order valence-electron chi connectivity index (χ3n) is 1.62. The van der Waals surface area contributed by atoms with Gasteiger partial charge in [0.25, 0.3) is 0 Å². The van der Waals surface area contributed by atoms with Crippen molar-refractivity contribution < 1.29 is 4.39 Å². The van der Waals surface area contributed by atoms with E-state index in [-0.39, 0.29) is 5.83 Å². The molecule has 60 valence electrons. The maximum Gasteiger partial charge on any atom is 0.0940 e. The molecule has 0 unspecified atom stereocenters. The van der Waals surface area contributed by atoms with E-state index in [9.17, 15) is 4.39 Å². The van der Waals surface area contributed by atoms with E-state index < -0.39 is 0 Å². The van der Waals surface area contributed by atoms with Gasteiger partial charge in [0.15, 0.2) is 0 Å². The topological polar surface area (TPSA) is 3.24 Å². The van der Waals surface area contributed by atoms with Crippen LogP contribution in [0.1, 0.15) is 20.3 Å². The largest absolute Gasteiger partial charge is 0.304 e. The van der Waals surface area contributed by atoms with Crippen molar-refractivity contribution in [2.75, 3.05) is 13.6 Å². The van der Waals surface area contributed by atoms with Gasteiger partial charge in [-0.3, -0.25) is 0 Å². The summed E-state index contributed by atoms with van der Waals surface area (Å²) in [6.07, 6.45) is 0.453. The highest BCUT2D eigenvalue weighted by atomic mass is 19.1. The Morgan fingerprint density at radius 2 is 2.10 bits per heavy atom. The summed E-state index contributed by atoms with van der Waals surface area (Å²) in [6, 6.07) is 0.486. The quantitative estimate of drug-likeness (QED) is 0.586. The summed E-state index contributed by atoms with van der Waals surface area (Å²) in [7, 11) is 1.98. The predicted octanol–water partition coefficient (Wildman–Crippen LogP) is 2.20. The Morgan fingerprint density at radius 1 is 1.60 bits per heavy atom. The lowest BCUT2D eigenvalue weighted by Crippen LogP contribution is -2.27. The molecule has 0 bridgehead atoms. The molecule has 0 fully saturated rings. The summed E-state index contributed by atoms with van der Waals surface area (Å²) in [5.41, 5.74) is 0. The van der Waals surface area contributed by atoms with E-state index in [2.05, 4.69) is 25.3 Å². The minimum atomic E-state index is -0.229. The van der Waals surface area contributed by atoms with Crippen molar-refractivity contribution in [2.45, 2.75) is 26.3 Å². The summed E-state index contributed by atoms with van der Waals surface area (Å²) in [5.74, 6) is -0.229. The van der Waals surface area contributed by atoms with Gasteiger partial charge in [-0.2, -0.15) is 0 Å². The molecule has 0 N–H and O–H groups in total. The minimum Gasteiger partial charge on any atom is -0.304 e. The van der Waals surface area contributed by atoms with Crippen LogP contribution in [0.3, 0.4) is 0 Å². The Morgan fingerprint density at radius 3 is 2.40 bits per heavy atom. The van der Waals surface area contributed by atoms with Crippen LogP contribution in [0.5, 0.6) is 0 Å². The first-order valence-electron chi connectivity index (χ1n) is 3.57. The molecule has 0 aromatic carbocycles. The third kappa shape index (κ3) is 4.50. The minimum absolute atomic E-state index is 0.229. The van der Waals surface area contributed by atoms with E-state index in [0.29, 0.717) is 12.5 Å². The third-order valence-corrected chi connectivity index (χ3v) is 1.62. The molecule has 0 aromatic rings. The normalized spacial score (nSPS) is 11.0. The molecule has 0 spiro atoms. The molecular weight excluding hydrogens is 129 g/mol. The van der Waals surface area contributed by atoms with E-state index >= 15 is 0 Å². The lowest BCUT2D eigenvalue weighted by Gasteiger charge is -2.19. The molecule has 0 aliphatic heterocycles. The van der Waals surface area contributed by atoms with Crippen LogP contribution in [-0.4, -0.2) is 24.5 Å². The average molecular weight is 145 g/mol. The van der Waals surface area contributed by atoms with Crippen molar-refractivity contribution in [3.05, 3.63) is 12.4 Å². The zero-order valence-electron chi connectivity index (χ0n) is 7.02. The second-order valence-electron chi connectivity index (χ2n) is 2.84. The van der Waals surface area contributed by atoms with Crippen molar-refractivity contribution in [3.8, 4) is 0 Å². The van der Waals surface area contributed by atoms with Gasteiger partial charge in [0.1, 0.15) is 0 Å². The summed E-state index contributed by atoms with van der Waals surface area (Å²) in [5, 5.41) is 0. The molecule has 10 heavy (non-hydrogen) atoms. The summed E-state index contributed by atoms with van der Waals surface area (Å²) >= 11 is 0. The van der Waals surface area contributed by atoms with E-state index in [4.69, 9.17) is 0 Å². The Hall–Kier alpha value is -0.370. The number of nitrogens with zero attached hydrogens (tertiary/aromatic N) is 1. The lowest BCUT2D eigenvalue weighted by atomic mass is 10.3. The number of hydrogen-bond acceptors (Lipinski definition) is 1. The SMILES string of the molecule is C=C(F)CCN(C)C(C)C. The molecular formula is C8H16FN. The number of halogens is 1. The van der Waals surface area contributed by atoms with E-state index in [1.807, 2.05) is 7.05 Å². The number of rotatable bonds is 4. The highest BCUT2D eigenvalue weighted by Crippen LogP contribution is 2.02. The van der Waals surface area contributed by atoms with Crippen LogP contribution in [0.15, 0.2) is 12.4 Å². The zero-order valence-corrected chi connectivity index (χ0v) is 7.02. The van der Waals surface area contributed by atoms with Crippen molar-refractivity contribution in [2.24, 2.45) is 0 Å². The Kier molecular flexibility index (Phi) is 4.28. The smallest absolute Gasteiger partial charge is 0.0940 e. The van der Waals surface area contributed by atoms with Gasteiger partial charge in [0.2, 0.25) is 0 Å². The van der Waals surface area contributed by atoms with Gasteiger partial charge in [-0.25, -0.2) is 4.39 Å². The Balaban J connectivity index is 3.39. The lowest BCUT2D eigenvalue weighted by molar-refractivity contribution is 0.271. The second-order valence-corrected chi connectivity index (χ2v) is 2.84. The monoisotopic (exact) mass is 145 g/mol. The fourth-order valence-electron chi connectivity index (χ4n) is 0.556. The van der Waals surface area contributed by atoms with Crippen LogP contribution < -0.4 is 0 Å². The molecule has 0 saturated heterocycles. The van der Waals surface area contributed by atoms with Crippen LogP contribution in [0.4, 0.5) is 4.39 Å². The van der Waals surface area contributed by atoms with Gasteiger partial charge in [0.05, 0.1) is 5.83 Å². The summed E-state index contributed by atoms with van der Waals surface area (Å²) in [4.78, 5) is 2.09. The highest BCUT2D eigenvalue weighted by molar-refractivity contribution is 4.80. The van der Waals surface area contributed by atoms with Gasteiger partial charge in [0, 0.05) is 19.0 Å². The molecule has 0 amide bonds. The van der Waals surface area contributed by atoms with Crippen LogP contribution in [0.25, 0.3) is 0 Å². The Bertz CT molecular complexity index is 110. The molecule has 1 nitrogen and oxygen atoms in total. The van der Waals surface area contributed by atoms with Gasteiger partial charge < -0.3 is 4.90 Å². The molecule has 0 aliphatic carbocycles. The van der Waals surface area contributed by atoms with Crippen LogP contribution in [-0.2, 0) is 0 Å². The maximum atomic E-state index is 12.1. The van der Waals surface area contributed by atoms with E-state index in [0.717, 1.165) is 6.54 Å². The molecule has 0 radical (unpaired) electrons. The van der Waals surface area contributed by atoms with Crippen LogP contribution in [0.2, 0.25) is 0 Å². The summed E-state index contributed by atoms with van der Waals surface area (Å²) in [6.45, 7) is 8.12. The molecule has 0 aromatic heterocycles. The van der Waals surface area contributed by atoms with E-state index in [1.54, 1.807) is 0 Å². The van der Waals surface area contributed by atoms with Crippen LogP contribution >= 0.6 is 0 Å². The Labute approximate surface area is 62.5 Å². The van der Waals surface area contributed by atoms with Crippen molar-refractivity contribution >= 4 is 0 Å². The molecule has 0 rings (SSSR count). The van der Waals surface area contributed by atoms with Crippen LogP contribution in [0, 0.1) is 0 Å². The first-order valence-corrected chi connectivity index (χ1v) is 3.57. The van der Waals surface area contributed by atoms with Gasteiger partial charge >= 0.3 is 0 Å². The zero-order chi connectivity index (χ0) is 8.15. The van der Waals surface area contributed by atoms with Gasteiger partial charge in [-0.1, -0.05) is 6.58 Å². The van der Waals surface area contributed by atoms with Crippen molar-refractivity contribution in [3.63, 3.8) is 0 Å². The molecule has 0 aliphatic rings. The molecule has 0 heterocycles. The standard InChI is InChI=1S/C8H16FN/c1-7(2)10(4)6-5-8(3)9/h7H,3,5-6H2,1-2,4H3. The van der Waals surface area contributed by atoms with E-state index in [1.165, 1.54) is 0 Å². The van der Waals surface area contributed by atoms with Gasteiger partial charge in [-0.05, 0) is 20.9 Å². The average Bonchev–Trinajstić information content (AvgIpc) is 1.82. The summed E-state index contributed by atoms with van der Waals surface area (Å²) < 4.78 is 12.1. The fourth-order valence-corrected chi connectivity index (χ4v) is 0.556. The highest BCUT2D eigenvalue weighted by Gasteiger charge is 2.02. The first-order chi connectivity index (χ1) is 4.54. The fraction of sp³-hybridized carbons (Fsp3) is 0.750. The number of hydrogen-bond donors (Lipinski definition) is 0. The molecule has 0 saturated carbocycles. The van der Waals surface area contributed by atoms with Gasteiger partial charge in [-0.15, -0.1) is 0 Å².